The van der Waals surface area contributed by atoms with Gasteiger partial charge in [-0.05, 0) is 48.9 Å². The monoisotopic (exact) mass is 310 g/mol. The topological polar surface area (TPSA) is 9.23 Å². The SMILES string of the molecule is CCC(C(C)=CCOC)C(C)C(CC)C(C)C(CC)C(C)C. The first-order valence-electron chi connectivity index (χ1n) is 9.50. The van der Waals surface area contributed by atoms with Crippen molar-refractivity contribution in [1.29, 1.82) is 0 Å². The van der Waals surface area contributed by atoms with Crippen molar-refractivity contribution in [3.8, 4) is 0 Å². The average molecular weight is 311 g/mol. The van der Waals surface area contributed by atoms with Gasteiger partial charge in [-0.2, -0.15) is 0 Å². The van der Waals surface area contributed by atoms with E-state index in [9.17, 15) is 0 Å². The van der Waals surface area contributed by atoms with Crippen molar-refractivity contribution in [2.75, 3.05) is 13.7 Å². The predicted molar refractivity (Wildman–Crippen MR) is 100 cm³/mol. The molecule has 0 N–H and O–H groups in total. The molecule has 0 spiro atoms. The molecule has 0 heterocycles. The zero-order chi connectivity index (χ0) is 17.3. The molecular weight excluding hydrogens is 268 g/mol. The predicted octanol–water partition coefficient (Wildman–Crippen LogP) is 6.59. The fraction of sp³-hybridized carbons (Fsp3) is 0.905. The molecule has 0 saturated carbocycles. The molecule has 0 bridgehead atoms. The van der Waals surface area contributed by atoms with Crippen LogP contribution in [-0.4, -0.2) is 13.7 Å². The van der Waals surface area contributed by atoms with Gasteiger partial charge < -0.3 is 4.74 Å². The van der Waals surface area contributed by atoms with E-state index in [1.54, 1.807) is 7.11 Å². The first-order chi connectivity index (χ1) is 10.3. The fourth-order valence-corrected chi connectivity index (χ4v) is 4.76. The van der Waals surface area contributed by atoms with Crippen molar-refractivity contribution in [3.05, 3.63) is 11.6 Å². The van der Waals surface area contributed by atoms with Crippen molar-refractivity contribution in [3.63, 3.8) is 0 Å². The molecule has 0 amide bonds. The Kier molecular flexibility index (Phi) is 11.1. The molecule has 5 unspecified atom stereocenters. The van der Waals surface area contributed by atoms with Crippen LogP contribution < -0.4 is 0 Å². The molecule has 0 aliphatic carbocycles. The number of hydrogen-bond acceptors (Lipinski definition) is 1. The molecule has 0 aromatic heterocycles. The Balaban J connectivity index is 5.18. The van der Waals surface area contributed by atoms with Gasteiger partial charge in [0.1, 0.15) is 0 Å². The third-order valence-corrected chi connectivity index (χ3v) is 6.06. The minimum atomic E-state index is 0.687. The molecule has 0 aromatic rings. The highest BCUT2D eigenvalue weighted by Crippen LogP contribution is 2.40. The lowest BCUT2D eigenvalue weighted by atomic mass is 9.66. The van der Waals surface area contributed by atoms with E-state index < -0.39 is 0 Å². The van der Waals surface area contributed by atoms with Crippen LogP contribution in [0.1, 0.15) is 74.7 Å². The van der Waals surface area contributed by atoms with Gasteiger partial charge in [0.15, 0.2) is 0 Å². The Hall–Kier alpha value is -0.300. The molecule has 0 fully saturated rings. The quantitative estimate of drug-likeness (QED) is 0.391. The summed E-state index contributed by atoms with van der Waals surface area (Å²) < 4.78 is 5.23. The van der Waals surface area contributed by atoms with Gasteiger partial charge in [-0.1, -0.05) is 73.0 Å². The maximum absolute atomic E-state index is 5.23. The molecular formula is C21H42O. The minimum absolute atomic E-state index is 0.687. The third-order valence-electron chi connectivity index (χ3n) is 6.06. The standard InChI is InChI=1S/C21H42O/c1-10-19(15(4)5)17(7)21(12-3)18(8)20(11-2)16(6)13-14-22-9/h13,15,17-21H,10-12,14H2,1-9H3. The molecule has 0 aliphatic rings. The number of ether oxygens (including phenoxy) is 1. The Morgan fingerprint density at radius 2 is 1.41 bits per heavy atom. The van der Waals surface area contributed by atoms with Crippen LogP contribution in [0, 0.1) is 35.5 Å². The number of rotatable bonds is 11. The molecule has 22 heavy (non-hydrogen) atoms. The number of methoxy groups -OCH3 is 1. The van der Waals surface area contributed by atoms with Crippen molar-refractivity contribution >= 4 is 0 Å². The third kappa shape index (κ3) is 6.07. The molecule has 5 atom stereocenters. The van der Waals surface area contributed by atoms with E-state index in [1.807, 2.05) is 0 Å². The summed E-state index contributed by atoms with van der Waals surface area (Å²) in [5.74, 6) is 4.66. The molecule has 0 rings (SSSR count). The molecule has 0 saturated heterocycles. The largest absolute Gasteiger partial charge is 0.381 e. The highest BCUT2D eigenvalue weighted by molar-refractivity contribution is 5.06. The summed E-state index contributed by atoms with van der Waals surface area (Å²) in [4.78, 5) is 0. The van der Waals surface area contributed by atoms with Crippen LogP contribution in [-0.2, 0) is 4.74 Å². The normalized spacial score (nSPS) is 19.8. The minimum Gasteiger partial charge on any atom is -0.381 e. The second-order valence-corrected chi connectivity index (χ2v) is 7.52. The van der Waals surface area contributed by atoms with Crippen LogP contribution in [0.2, 0.25) is 0 Å². The van der Waals surface area contributed by atoms with E-state index >= 15 is 0 Å². The molecule has 1 nitrogen and oxygen atoms in total. The smallest absolute Gasteiger partial charge is 0.0646 e. The Morgan fingerprint density at radius 1 is 0.864 bits per heavy atom. The number of hydrogen-bond donors (Lipinski definition) is 0. The summed E-state index contributed by atoms with van der Waals surface area (Å²) in [5, 5.41) is 0. The highest BCUT2D eigenvalue weighted by atomic mass is 16.5. The summed E-state index contributed by atoms with van der Waals surface area (Å²) in [7, 11) is 1.78. The van der Waals surface area contributed by atoms with Crippen LogP contribution in [0.25, 0.3) is 0 Å². The zero-order valence-electron chi connectivity index (χ0n) is 16.8. The molecule has 0 aromatic carbocycles. The van der Waals surface area contributed by atoms with E-state index in [4.69, 9.17) is 4.74 Å². The van der Waals surface area contributed by atoms with Gasteiger partial charge >= 0.3 is 0 Å². The van der Waals surface area contributed by atoms with Gasteiger partial charge in [0.2, 0.25) is 0 Å². The van der Waals surface area contributed by atoms with Gasteiger partial charge in [-0.15, -0.1) is 0 Å². The van der Waals surface area contributed by atoms with E-state index in [0.29, 0.717) is 5.92 Å². The van der Waals surface area contributed by atoms with Crippen molar-refractivity contribution in [2.24, 2.45) is 35.5 Å². The van der Waals surface area contributed by atoms with E-state index in [0.717, 1.165) is 36.2 Å². The summed E-state index contributed by atoms with van der Waals surface area (Å²) in [5.41, 5.74) is 1.51. The van der Waals surface area contributed by atoms with Gasteiger partial charge in [-0.25, -0.2) is 0 Å². The van der Waals surface area contributed by atoms with Gasteiger partial charge in [0.05, 0.1) is 6.61 Å². The van der Waals surface area contributed by atoms with Crippen molar-refractivity contribution in [2.45, 2.75) is 74.7 Å². The zero-order valence-corrected chi connectivity index (χ0v) is 16.8. The number of allylic oxidation sites excluding steroid dienone is 1. The summed E-state index contributed by atoms with van der Waals surface area (Å²) >= 11 is 0. The highest BCUT2D eigenvalue weighted by Gasteiger charge is 2.32. The van der Waals surface area contributed by atoms with Gasteiger partial charge in [-0.3, -0.25) is 0 Å². The first kappa shape index (κ1) is 21.7. The summed E-state index contributed by atoms with van der Waals surface area (Å²) in [6, 6.07) is 0. The van der Waals surface area contributed by atoms with Crippen molar-refractivity contribution < 1.29 is 4.74 Å². The lowest BCUT2D eigenvalue weighted by Gasteiger charge is -2.39. The Bertz CT molecular complexity index is 305. The van der Waals surface area contributed by atoms with Crippen molar-refractivity contribution in [1.82, 2.24) is 0 Å². The maximum Gasteiger partial charge on any atom is 0.0646 e. The van der Waals surface area contributed by atoms with Crippen LogP contribution in [0.3, 0.4) is 0 Å². The Morgan fingerprint density at radius 3 is 1.77 bits per heavy atom. The second-order valence-electron chi connectivity index (χ2n) is 7.52. The van der Waals surface area contributed by atoms with Crippen LogP contribution >= 0.6 is 0 Å². The fourth-order valence-electron chi connectivity index (χ4n) is 4.76. The first-order valence-corrected chi connectivity index (χ1v) is 9.50. The molecule has 132 valence electrons. The Labute approximate surface area is 140 Å². The van der Waals surface area contributed by atoms with Gasteiger partial charge in [0.25, 0.3) is 0 Å². The van der Waals surface area contributed by atoms with E-state index in [-0.39, 0.29) is 0 Å². The average Bonchev–Trinajstić information content (AvgIpc) is 2.46. The summed E-state index contributed by atoms with van der Waals surface area (Å²) in [6.07, 6.45) is 6.10. The molecule has 0 radical (unpaired) electrons. The van der Waals surface area contributed by atoms with Crippen LogP contribution in [0.5, 0.6) is 0 Å². The van der Waals surface area contributed by atoms with Crippen LogP contribution in [0.4, 0.5) is 0 Å². The lowest BCUT2D eigenvalue weighted by Crippen LogP contribution is -2.32. The lowest BCUT2D eigenvalue weighted by molar-refractivity contribution is 0.117. The summed E-state index contributed by atoms with van der Waals surface area (Å²) in [6.45, 7) is 19.9. The van der Waals surface area contributed by atoms with E-state index in [1.165, 1.54) is 24.8 Å². The van der Waals surface area contributed by atoms with E-state index in [2.05, 4.69) is 61.5 Å². The molecule has 0 aliphatic heterocycles. The second kappa shape index (κ2) is 11.3. The molecule has 1 heteroatoms. The van der Waals surface area contributed by atoms with Gasteiger partial charge in [0, 0.05) is 7.11 Å². The maximum atomic E-state index is 5.23. The van der Waals surface area contributed by atoms with Crippen LogP contribution in [0.15, 0.2) is 11.6 Å².